The maximum atomic E-state index is 13.7. The fourth-order valence-corrected chi connectivity index (χ4v) is 2.21. The van der Waals surface area contributed by atoms with Crippen LogP contribution in [0.2, 0.25) is 0 Å². The van der Waals surface area contributed by atoms with Crippen LogP contribution in [0.25, 0.3) is 0 Å². The van der Waals surface area contributed by atoms with Gasteiger partial charge in [0.1, 0.15) is 5.82 Å². The van der Waals surface area contributed by atoms with Crippen LogP contribution in [0.4, 0.5) is 17.6 Å². The number of aryl methyl sites for hydroxylation is 1. The molecule has 0 fully saturated rings. The molecule has 0 saturated carbocycles. The topological polar surface area (TPSA) is 24.9 Å². The molecule has 2 nitrogen and oxygen atoms in total. The smallest absolute Gasteiger partial charge is 0.309 e. The second-order valence-electron chi connectivity index (χ2n) is 4.69. The third-order valence-corrected chi connectivity index (χ3v) is 3.17. The quantitative estimate of drug-likeness (QED) is 0.870. The van der Waals surface area contributed by atoms with Crippen molar-refractivity contribution < 1.29 is 17.6 Å². The molecule has 1 heterocycles. The van der Waals surface area contributed by atoms with Gasteiger partial charge >= 0.3 is 6.18 Å². The maximum Gasteiger partial charge on any atom is 0.419 e. The van der Waals surface area contributed by atoms with E-state index < -0.39 is 23.6 Å². The SMILES string of the molecule is CNC(c1ccnc(C)c1)c1ccc(C(F)(F)F)c(F)c1. The summed E-state index contributed by atoms with van der Waals surface area (Å²) in [4.78, 5) is 4.06. The zero-order valence-corrected chi connectivity index (χ0v) is 11.5. The molecule has 0 spiro atoms. The molecule has 21 heavy (non-hydrogen) atoms. The number of halogens is 4. The monoisotopic (exact) mass is 298 g/mol. The summed E-state index contributed by atoms with van der Waals surface area (Å²) in [5.74, 6) is -1.27. The van der Waals surface area contributed by atoms with Crippen LogP contribution in [0, 0.1) is 12.7 Å². The Kier molecular flexibility index (Phi) is 4.27. The summed E-state index contributed by atoms with van der Waals surface area (Å²) in [6.45, 7) is 1.81. The van der Waals surface area contributed by atoms with Gasteiger partial charge in [-0.05, 0) is 49.4 Å². The van der Waals surface area contributed by atoms with Gasteiger partial charge in [0.2, 0.25) is 0 Å². The summed E-state index contributed by atoms with van der Waals surface area (Å²) in [5, 5.41) is 2.97. The third kappa shape index (κ3) is 3.39. The van der Waals surface area contributed by atoms with Crippen LogP contribution in [-0.2, 0) is 6.18 Å². The van der Waals surface area contributed by atoms with Crippen LogP contribution in [0.1, 0.15) is 28.4 Å². The molecule has 0 radical (unpaired) electrons. The minimum atomic E-state index is -4.69. The minimum Gasteiger partial charge on any atom is -0.309 e. The molecule has 6 heteroatoms. The molecule has 2 aromatic rings. The molecule has 2 rings (SSSR count). The highest BCUT2D eigenvalue weighted by atomic mass is 19.4. The lowest BCUT2D eigenvalue weighted by molar-refractivity contribution is -0.140. The summed E-state index contributed by atoms with van der Waals surface area (Å²) in [5.41, 5.74) is 0.755. The van der Waals surface area contributed by atoms with E-state index in [9.17, 15) is 17.6 Å². The highest BCUT2D eigenvalue weighted by Gasteiger charge is 2.34. The third-order valence-electron chi connectivity index (χ3n) is 3.17. The number of nitrogens with zero attached hydrogens (tertiary/aromatic N) is 1. The number of hydrogen-bond acceptors (Lipinski definition) is 2. The Balaban J connectivity index is 2.42. The second kappa shape index (κ2) is 5.81. The predicted octanol–water partition coefficient (Wildman–Crippen LogP) is 3.86. The Bertz CT molecular complexity index is 638. The lowest BCUT2D eigenvalue weighted by atomic mass is 9.97. The molecule has 0 bridgehead atoms. The van der Waals surface area contributed by atoms with Crippen molar-refractivity contribution in [3.63, 3.8) is 0 Å². The van der Waals surface area contributed by atoms with Crippen molar-refractivity contribution in [1.29, 1.82) is 0 Å². The Morgan fingerprint density at radius 1 is 1.10 bits per heavy atom. The number of rotatable bonds is 3. The van der Waals surface area contributed by atoms with Gasteiger partial charge in [-0.2, -0.15) is 13.2 Å². The average Bonchev–Trinajstić information content (AvgIpc) is 2.38. The summed E-state index contributed by atoms with van der Waals surface area (Å²) in [6, 6.07) is 6.11. The van der Waals surface area contributed by atoms with Crippen molar-refractivity contribution in [2.75, 3.05) is 7.05 Å². The van der Waals surface area contributed by atoms with Crippen molar-refractivity contribution in [3.8, 4) is 0 Å². The highest BCUT2D eigenvalue weighted by Crippen LogP contribution is 2.33. The van der Waals surface area contributed by atoms with Crippen LogP contribution in [0.5, 0.6) is 0 Å². The minimum absolute atomic E-state index is 0.400. The Labute approximate surface area is 119 Å². The van der Waals surface area contributed by atoms with Gasteiger partial charge in [-0.3, -0.25) is 4.98 Å². The highest BCUT2D eigenvalue weighted by molar-refractivity contribution is 5.35. The van der Waals surface area contributed by atoms with Crippen molar-refractivity contribution in [1.82, 2.24) is 10.3 Å². The molecular weight excluding hydrogens is 284 g/mol. The summed E-state index contributed by atoms with van der Waals surface area (Å²) < 4.78 is 51.4. The van der Waals surface area contributed by atoms with E-state index in [4.69, 9.17) is 0 Å². The van der Waals surface area contributed by atoms with E-state index in [1.807, 2.05) is 6.92 Å². The van der Waals surface area contributed by atoms with Crippen molar-refractivity contribution in [2.45, 2.75) is 19.1 Å². The fourth-order valence-electron chi connectivity index (χ4n) is 2.21. The molecule has 1 N–H and O–H groups in total. The van der Waals surface area contributed by atoms with Crippen molar-refractivity contribution >= 4 is 0 Å². The van der Waals surface area contributed by atoms with E-state index in [0.29, 0.717) is 5.56 Å². The first-order valence-corrected chi connectivity index (χ1v) is 6.29. The van der Waals surface area contributed by atoms with Gasteiger partial charge in [0.15, 0.2) is 0 Å². The zero-order chi connectivity index (χ0) is 15.6. The van der Waals surface area contributed by atoms with Crippen LogP contribution in [-0.4, -0.2) is 12.0 Å². The first-order chi connectivity index (χ1) is 9.82. The predicted molar refractivity (Wildman–Crippen MR) is 71.3 cm³/mol. The summed E-state index contributed by atoms with van der Waals surface area (Å²) in [6.07, 6.45) is -3.08. The molecule has 0 amide bonds. The lowest BCUT2D eigenvalue weighted by Gasteiger charge is -2.18. The summed E-state index contributed by atoms with van der Waals surface area (Å²) in [7, 11) is 1.66. The van der Waals surface area contributed by atoms with E-state index in [-0.39, 0.29) is 0 Å². The number of benzene rings is 1. The molecule has 0 aliphatic carbocycles. The Morgan fingerprint density at radius 2 is 1.76 bits per heavy atom. The molecular formula is C15H14F4N2. The molecule has 1 unspecified atom stereocenters. The van der Waals surface area contributed by atoms with E-state index in [0.717, 1.165) is 23.4 Å². The van der Waals surface area contributed by atoms with Crippen LogP contribution >= 0.6 is 0 Å². The number of alkyl halides is 3. The average molecular weight is 298 g/mol. The van der Waals surface area contributed by atoms with Crippen molar-refractivity contribution in [2.24, 2.45) is 0 Å². The largest absolute Gasteiger partial charge is 0.419 e. The molecule has 1 aromatic carbocycles. The number of hydrogen-bond donors (Lipinski definition) is 1. The fraction of sp³-hybridized carbons (Fsp3) is 0.267. The van der Waals surface area contributed by atoms with E-state index in [1.165, 1.54) is 6.07 Å². The molecule has 1 atom stereocenters. The van der Waals surface area contributed by atoms with Gasteiger partial charge in [-0.25, -0.2) is 4.39 Å². The lowest BCUT2D eigenvalue weighted by Crippen LogP contribution is -2.19. The molecule has 112 valence electrons. The first kappa shape index (κ1) is 15.4. The molecule has 0 saturated heterocycles. The van der Waals surface area contributed by atoms with Crippen LogP contribution in [0.3, 0.4) is 0 Å². The first-order valence-electron chi connectivity index (χ1n) is 6.29. The molecule has 1 aromatic heterocycles. The number of nitrogens with one attached hydrogen (secondary N) is 1. The normalized spacial score (nSPS) is 13.2. The number of pyridine rings is 1. The van der Waals surface area contributed by atoms with Crippen LogP contribution < -0.4 is 5.32 Å². The standard InChI is InChI=1S/C15H14F4N2/c1-9-7-11(5-6-21-9)14(20-2)10-3-4-12(13(16)8-10)15(17,18)19/h3-8,14,20H,1-2H3. The number of aromatic nitrogens is 1. The van der Waals surface area contributed by atoms with E-state index >= 15 is 0 Å². The summed E-state index contributed by atoms with van der Waals surface area (Å²) >= 11 is 0. The van der Waals surface area contributed by atoms with Crippen molar-refractivity contribution in [3.05, 3.63) is 64.7 Å². The van der Waals surface area contributed by atoms with E-state index in [1.54, 1.807) is 25.4 Å². The Morgan fingerprint density at radius 3 is 2.29 bits per heavy atom. The van der Waals surface area contributed by atoms with Gasteiger partial charge in [-0.15, -0.1) is 0 Å². The van der Waals surface area contributed by atoms with Crippen LogP contribution in [0.15, 0.2) is 36.5 Å². The zero-order valence-electron chi connectivity index (χ0n) is 11.5. The second-order valence-corrected chi connectivity index (χ2v) is 4.69. The van der Waals surface area contributed by atoms with Gasteiger partial charge in [0.05, 0.1) is 11.6 Å². The van der Waals surface area contributed by atoms with Gasteiger partial charge in [0.25, 0.3) is 0 Å². The molecule has 0 aliphatic heterocycles. The molecule has 0 aliphatic rings. The van der Waals surface area contributed by atoms with Gasteiger partial charge in [-0.1, -0.05) is 6.07 Å². The Hall–Kier alpha value is -1.95. The maximum absolute atomic E-state index is 13.7. The van der Waals surface area contributed by atoms with Gasteiger partial charge < -0.3 is 5.32 Å². The van der Waals surface area contributed by atoms with E-state index in [2.05, 4.69) is 10.3 Å². The van der Waals surface area contributed by atoms with Gasteiger partial charge in [0, 0.05) is 11.9 Å².